The smallest absolute Gasteiger partial charge is 0.263 e. The van der Waals surface area contributed by atoms with E-state index >= 15 is 0 Å². The zero-order chi connectivity index (χ0) is 15.4. The number of nitrogens with one attached hydrogen (secondary N) is 1. The fraction of sp³-hybridized carbons (Fsp3) is 0.438. The fourth-order valence-corrected chi connectivity index (χ4v) is 3.48. The van der Waals surface area contributed by atoms with Crippen LogP contribution < -0.4 is 5.32 Å². The zero-order valence-corrected chi connectivity index (χ0v) is 12.9. The molecular formula is C16H18F2N2OS. The van der Waals surface area contributed by atoms with Gasteiger partial charge in [-0.15, -0.1) is 11.3 Å². The molecule has 1 N–H and O–H groups in total. The molecule has 22 heavy (non-hydrogen) atoms. The van der Waals surface area contributed by atoms with Crippen LogP contribution in [-0.2, 0) is 11.3 Å². The van der Waals surface area contributed by atoms with Gasteiger partial charge in [0.15, 0.2) is 5.13 Å². The van der Waals surface area contributed by atoms with E-state index in [0.29, 0.717) is 12.5 Å². The highest BCUT2D eigenvalue weighted by molar-refractivity contribution is 7.15. The van der Waals surface area contributed by atoms with Gasteiger partial charge in [0.25, 0.3) is 6.43 Å². The molecule has 1 aliphatic rings. The van der Waals surface area contributed by atoms with E-state index in [1.54, 1.807) is 23.5 Å². The van der Waals surface area contributed by atoms with Gasteiger partial charge in [-0.25, -0.2) is 13.8 Å². The molecule has 1 aromatic carbocycles. The van der Waals surface area contributed by atoms with Crippen LogP contribution in [0.1, 0.15) is 41.2 Å². The van der Waals surface area contributed by atoms with Crippen molar-refractivity contribution in [3.63, 3.8) is 0 Å². The Kier molecular flexibility index (Phi) is 5.00. The number of anilines is 1. The molecule has 0 aliphatic carbocycles. The lowest BCUT2D eigenvalue weighted by atomic mass is 9.99. The number of hydrogen-bond donors (Lipinski definition) is 1. The van der Waals surface area contributed by atoms with Crippen LogP contribution in [0.4, 0.5) is 13.9 Å². The molecule has 3 rings (SSSR count). The van der Waals surface area contributed by atoms with Gasteiger partial charge in [0, 0.05) is 36.4 Å². The predicted octanol–water partition coefficient (Wildman–Crippen LogP) is 4.59. The van der Waals surface area contributed by atoms with Crippen LogP contribution in [0.3, 0.4) is 0 Å². The van der Waals surface area contributed by atoms with Gasteiger partial charge in [0.1, 0.15) is 0 Å². The molecule has 2 heterocycles. The summed E-state index contributed by atoms with van der Waals surface area (Å²) in [5, 5.41) is 4.13. The Morgan fingerprint density at radius 1 is 1.23 bits per heavy atom. The average molecular weight is 324 g/mol. The Morgan fingerprint density at radius 2 is 1.95 bits per heavy atom. The first kappa shape index (κ1) is 15.4. The van der Waals surface area contributed by atoms with Crippen LogP contribution >= 0.6 is 11.3 Å². The molecule has 1 aliphatic heterocycles. The number of ether oxygens (including phenoxy) is 1. The number of alkyl halides is 2. The second kappa shape index (κ2) is 7.15. The molecule has 0 radical (unpaired) electrons. The third kappa shape index (κ3) is 3.81. The monoisotopic (exact) mass is 324 g/mol. The van der Waals surface area contributed by atoms with E-state index in [-0.39, 0.29) is 5.56 Å². The summed E-state index contributed by atoms with van der Waals surface area (Å²) in [5.74, 6) is 0.548. The Bertz CT molecular complexity index is 594. The molecule has 1 aromatic heterocycles. The highest BCUT2D eigenvalue weighted by Gasteiger charge is 2.18. The summed E-state index contributed by atoms with van der Waals surface area (Å²) in [4.78, 5) is 5.69. The third-order valence-corrected chi connectivity index (χ3v) is 4.94. The van der Waals surface area contributed by atoms with E-state index in [4.69, 9.17) is 4.74 Å². The highest BCUT2D eigenvalue weighted by atomic mass is 32.1. The van der Waals surface area contributed by atoms with E-state index in [1.807, 2.05) is 6.20 Å². The molecule has 0 atom stereocenters. The summed E-state index contributed by atoms with van der Waals surface area (Å²) >= 11 is 1.67. The van der Waals surface area contributed by atoms with Crippen molar-refractivity contribution in [1.82, 2.24) is 4.98 Å². The van der Waals surface area contributed by atoms with Crippen molar-refractivity contribution in [2.75, 3.05) is 18.5 Å². The second-order valence-electron chi connectivity index (χ2n) is 5.35. The molecule has 2 aromatic rings. The molecule has 0 saturated carbocycles. The summed E-state index contributed by atoms with van der Waals surface area (Å²) in [5.41, 5.74) is 1.02. The molecule has 0 unspecified atom stereocenters. The maximum atomic E-state index is 12.5. The van der Waals surface area contributed by atoms with E-state index in [1.165, 1.54) is 17.0 Å². The second-order valence-corrected chi connectivity index (χ2v) is 6.41. The third-order valence-electron chi connectivity index (χ3n) is 3.82. The van der Waals surface area contributed by atoms with Crippen molar-refractivity contribution < 1.29 is 13.5 Å². The fourth-order valence-electron chi connectivity index (χ4n) is 2.50. The normalized spacial score (nSPS) is 16.1. The van der Waals surface area contributed by atoms with Crippen molar-refractivity contribution in [2.24, 2.45) is 0 Å². The quantitative estimate of drug-likeness (QED) is 0.873. The summed E-state index contributed by atoms with van der Waals surface area (Å²) in [6, 6.07) is 6.39. The molecule has 3 nitrogen and oxygen atoms in total. The zero-order valence-electron chi connectivity index (χ0n) is 12.1. The number of benzene rings is 1. The van der Waals surface area contributed by atoms with Crippen LogP contribution in [0.5, 0.6) is 0 Å². The standard InChI is InChI=1S/C16H18F2N2OS/c17-15(18)13-3-1-11(2-4-13)9-19-16-20-10-14(22-16)12-5-7-21-8-6-12/h1-4,10,12,15H,5-9H2,(H,19,20). The molecule has 1 saturated heterocycles. The summed E-state index contributed by atoms with van der Waals surface area (Å²) in [7, 11) is 0. The van der Waals surface area contributed by atoms with Crippen LogP contribution in [0, 0.1) is 0 Å². The number of hydrogen-bond acceptors (Lipinski definition) is 4. The summed E-state index contributed by atoms with van der Waals surface area (Å²) in [6.07, 6.45) is 1.62. The minimum atomic E-state index is -2.41. The molecule has 0 bridgehead atoms. The van der Waals surface area contributed by atoms with E-state index in [9.17, 15) is 8.78 Å². The van der Waals surface area contributed by atoms with Crippen molar-refractivity contribution >= 4 is 16.5 Å². The maximum absolute atomic E-state index is 12.5. The van der Waals surface area contributed by atoms with Crippen LogP contribution in [-0.4, -0.2) is 18.2 Å². The molecule has 118 valence electrons. The van der Waals surface area contributed by atoms with Crippen LogP contribution in [0.2, 0.25) is 0 Å². The van der Waals surface area contributed by atoms with Gasteiger partial charge in [-0.05, 0) is 24.3 Å². The van der Waals surface area contributed by atoms with Gasteiger partial charge in [-0.3, -0.25) is 0 Å². The highest BCUT2D eigenvalue weighted by Crippen LogP contribution is 2.32. The van der Waals surface area contributed by atoms with E-state index < -0.39 is 6.43 Å². The van der Waals surface area contributed by atoms with Gasteiger partial charge < -0.3 is 10.1 Å². The number of halogens is 2. The molecule has 0 spiro atoms. The van der Waals surface area contributed by atoms with E-state index in [2.05, 4.69) is 10.3 Å². The number of aromatic nitrogens is 1. The van der Waals surface area contributed by atoms with Crippen molar-refractivity contribution in [2.45, 2.75) is 31.7 Å². The van der Waals surface area contributed by atoms with Crippen molar-refractivity contribution in [3.8, 4) is 0 Å². The van der Waals surface area contributed by atoms with Crippen LogP contribution in [0.15, 0.2) is 30.5 Å². The molecule has 6 heteroatoms. The van der Waals surface area contributed by atoms with Gasteiger partial charge in [-0.1, -0.05) is 24.3 Å². The predicted molar refractivity (Wildman–Crippen MR) is 83.6 cm³/mol. The summed E-state index contributed by atoms with van der Waals surface area (Å²) < 4.78 is 30.4. The first-order chi connectivity index (χ1) is 10.7. The van der Waals surface area contributed by atoms with E-state index in [0.717, 1.165) is 36.8 Å². The Morgan fingerprint density at radius 3 is 2.64 bits per heavy atom. The number of rotatable bonds is 5. The maximum Gasteiger partial charge on any atom is 0.263 e. The lowest BCUT2D eigenvalue weighted by Gasteiger charge is -2.20. The SMILES string of the molecule is FC(F)c1ccc(CNc2ncc(C3CCOCC3)s2)cc1. The minimum absolute atomic E-state index is 0.0554. The van der Waals surface area contributed by atoms with Gasteiger partial charge in [-0.2, -0.15) is 0 Å². The van der Waals surface area contributed by atoms with Gasteiger partial charge in [0.05, 0.1) is 0 Å². The summed E-state index contributed by atoms with van der Waals surface area (Å²) in [6.45, 7) is 2.23. The Labute approximate surface area is 132 Å². The van der Waals surface area contributed by atoms with Gasteiger partial charge >= 0.3 is 0 Å². The number of nitrogens with zero attached hydrogens (tertiary/aromatic N) is 1. The Hall–Kier alpha value is -1.53. The molecule has 1 fully saturated rings. The topological polar surface area (TPSA) is 34.2 Å². The lowest BCUT2D eigenvalue weighted by molar-refractivity contribution is 0.0860. The van der Waals surface area contributed by atoms with Crippen molar-refractivity contribution in [3.05, 3.63) is 46.5 Å². The molecule has 0 amide bonds. The first-order valence-corrected chi connectivity index (χ1v) is 8.18. The first-order valence-electron chi connectivity index (χ1n) is 7.36. The van der Waals surface area contributed by atoms with Gasteiger partial charge in [0.2, 0.25) is 0 Å². The minimum Gasteiger partial charge on any atom is -0.381 e. The number of thiazole rings is 1. The van der Waals surface area contributed by atoms with Crippen LogP contribution in [0.25, 0.3) is 0 Å². The average Bonchev–Trinajstić information content (AvgIpc) is 3.03. The molecular weight excluding hydrogens is 306 g/mol. The Balaban J connectivity index is 1.56. The van der Waals surface area contributed by atoms with Crippen molar-refractivity contribution in [1.29, 1.82) is 0 Å². The largest absolute Gasteiger partial charge is 0.381 e. The lowest BCUT2D eigenvalue weighted by Crippen LogP contribution is -2.12.